The molecule has 0 aliphatic carbocycles. The lowest BCUT2D eigenvalue weighted by atomic mass is 9.94. The zero-order chi connectivity index (χ0) is 22.3. The van der Waals surface area contributed by atoms with Crippen molar-refractivity contribution < 1.29 is 19.9 Å². The van der Waals surface area contributed by atoms with Gasteiger partial charge in [0.1, 0.15) is 0 Å². The van der Waals surface area contributed by atoms with Gasteiger partial charge in [0.2, 0.25) is 0 Å². The molecule has 0 heterocycles. The van der Waals surface area contributed by atoms with E-state index in [-0.39, 0.29) is 0 Å². The maximum Gasteiger partial charge on any atom is 0.0739 e. The summed E-state index contributed by atoms with van der Waals surface area (Å²) in [4.78, 5) is 0. The molecule has 0 radical (unpaired) electrons. The van der Waals surface area contributed by atoms with Crippen molar-refractivity contribution >= 4 is 12.4 Å². The second kappa shape index (κ2) is 10.9. The Kier molecular flexibility index (Phi) is 8.57. The Morgan fingerprint density at radius 2 is 1.03 bits per heavy atom. The quantitative estimate of drug-likeness (QED) is 0.266. The summed E-state index contributed by atoms with van der Waals surface area (Å²) in [6.07, 6.45) is 2.94. The van der Waals surface area contributed by atoms with E-state index in [1.54, 1.807) is 0 Å². The summed E-state index contributed by atoms with van der Waals surface area (Å²) in [5.74, 6) is 0. The third kappa shape index (κ3) is 5.46. The summed E-state index contributed by atoms with van der Waals surface area (Å²) in [6, 6.07) is 4.16. The van der Waals surface area contributed by atoms with Crippen LogP contribution in [-0.2, 0) is 22.7 Å². The molecule has 2 aromatic carbocycles. The first kappa shape index (κ1) is 23.6. The molecule has 2 aromatic rings. The second-order valence-corrected chi connectivity index (χ2v) is 7.65. The highest BCUT2D eigenvalue weighted by molar-refractivity contribution is 5.84. The number of nitrogens with zero attached hydrogens (tertiary/aromatic N) is 2. The summed E-state index contributed by atoms with van der Waals surface area (Å²) in [5.41, 5.74) is 10.6. The Labute approximate surface area is 178 Å². The van der Waals surface area contributed by atoms with E-state index in [4.69, 9.17) is 19.9 Å². The number of hydrogen-bond donors (Lipinski definition) is 2. The molecule has 0 saturated carbocycles. The van der Waals surface area contributed by atoms with Gasteiger partial charge in [0.05, 0.1) is 38.9 Å². The molecular formula is C24H32N2O4. The van der Waals surface area contributed by atoms with Gasteiger partial charge in [-0.3, -0.25) is 0 Å². The van der Waals surface area contributed by atoms with Crippen LogP contribution in [0.15, 0.2) is 22.4 Å². The Bertz CT molecular complexity index is 872. The predicted molar refractivity (Wildman–Crippen MR) is 119 cm³/mol. The van der Waals surface area contributed by atoms with Gasteiger partial charge in [0.15, 0.2) is 0 Å². The van der Waals surface area contributed by atoms with Gasteiger partial charge in [-0.1, -0.05) is 22.4 Å². The van der Waals surface area contributed by atoms with E-state index in [0.717, 1.165) is 55.6 Å². The molecular weight excluding hydrogens is 380 g/mol. The van der Waals surface area contributed by atoms with E-state index >= 15 is 0 Å². The Hall–Kier alpha value is -2.70. The first-order valence-corrected chi connectivity index (χ1v) is 10.0. The van der Waals surface area contributed by atoms with Crippen LogP contribution >= 0.6 is 0 Å². The lowest BCUT2D eigenvalue weighted by Crippen LogP contribution is -2.09. The van der Waals surface area contributed by atoms with Crippen molar-refractivity contribution in [1.29, 1.82) is 0 Å². The maximum atomic E-state index is 8.90. The summed E-state index contributed by atoms with van der Waals surface area (Å²) in [7, 11) is 0. The number of aryl methyl sites for hydroxylation is 4. The molecule has 0 aliphatic rings. The Morgan fingerprint density at radius 3 is 1.37 bits per heavy atom. The SMILES string of the molecule is Cc1cc(C)c(COCCOCc2c(C)cc(C)c(/C=N/O)c2C)c(C)c1/C=N/O. The number of hydrogen-bond acceptors (Lipinski definition) is 6. The maximum absolute atomic E-state index is 8.90. The highest BCUT2D eigenvalue weighted by atomic mass is 16.5. The summed E-state index contributed by atoms with van der Waals surface area (Å²) in [5, 5.41) is 24.2. The highest BCUT2D eigenvalue weighted by Crippen LogP contribution is 2.23. The number of benzene rings is 2. The molecule has 2 rings (SSSR count). The molecule has 0 saturated heterocycles. The largest absolute Gasteiger partial charge is 0.411 e. The normalized spacial score (nSPS) is 11.8. The van der Waals surface area contributed by atoms with Crippen LogP contribution in [-0.4, -0.2) is 36.1 Å². The second-order valence-electron chi connectivity index (χ2n) is 7.65. The minimum Gasteiger partial charge on any atom is -0.411 e. The van der Waals surface area contributed by atoms with Gasteiger partial charge < -0.3 is 19.9 Å². The first-order chi connectivity index (χ1) is 14.3. The van der Waals surface area contributed by atoms with Crippen molar-refractivity contribution in [3.63, 3.8) is 0 Å². The molecule has 0 spiro atoms. The van der Waals surface area contributed by atoms with Gasteiger partial charge in [-0.05, 0) is 86.1 Å². The molecule has 0 fully saturated rings. The number of rotatable bonds is 9. The molecule has 30 heavy (non-hydrogen) atoms. The van der Waals surface area contributed by atoms with Crippen LogP contribution in [0.3, 0.4) is 0 Å². The number of oxime groups is 2. The minimum absolute atomic E-state index is 0.477. The van der Waals surface area contributed by atoms with Crippen LogP contribution < -0.4 is 0 Å². The first-order valence-electron chi connectivity index (χ1n) is 10.0. The third-order valence-electron chi connectivity index (χ3n) is 5.62. The minimum atomic E-state index is 0.477. The molecule has 0 unspecified atom stereocenters. The van der Waals surface area contributed by atoms with Gasteiger partial charge in [-0.25, -0.2) is 0 Å². The fourth-order valence-corrected chi connectivity index (χ4v) is 3.91. The van der Waals surface area contributed by atoms with E-state index in [2.05, 4.69) is 36.3 Å². The average Bonchev–Trinajstić information content (AvgIpc) is 2.69. The van der Waals surface area contributed by atoms with Crippen LogP contribution in [0.4, 0.5) is 0 Å². The summed E-state index contributed by atoms with van der Waals surface area (Å²) < 4.78 is 11.7. The zero-order valence-electron chi connectivity index (χ0n) is 18.7. The van der Waals surface area contributed by atoms with Crippen molar-refractivity contribution in [1.82, 2.24) is 0 Å². The van der Waals surface area contributed by atoms with Crippen molar-refractivity contribution in [3.05, 3.63) is 67.8 Å². The molecule has 6 heteroatoms. The average molecular weight is 413 g/mol. The lowest BCUT2D eigenvalue weighted by Gasteiger charge is -2.16. The van der Waals surface area contributed by atoms with E-state index in [0.29, 0.717) is 26.4 Å². The standard InChI is InChI=1S/C24H32N2O4/c1-15-9-17(3)23(19(5)21(15)11-25-27)13-29-7-8-30-14-24-18(4)10-16(2)22(12-26-28)20(24)6/h9-12,27-28H,7-8,13-14H2,1-6H3/b25-11+,26-12+. The topological polar surface area (TPSA) is 83.6 Å². The Morgan fingerprint density at radius 1 is 0.667 bits per heavy atom. The van der Waals surface area contributed by atoms with Gasteiger partial charge in [-0.2, -0.15) is 0 Å². The van der Waals surface area contributed by atoms with Crippen molar-refractivity contribution in [2.75, 3.05) is 13.2 Å². The van der Waals surface area contributed by atoms with Gasteiger partial charge in [-0.15, -0.1) is 0 Å². The van der Waals surface area contributed by atoms with Crippen molar-refractivity contribution in [3.8, 4) is 0 Å². The molecule has 0 amide bonds. The lowest BCUT2D eigenvalue weighted by molar-refractivity contribution is 0.0333. The van der Waals surface area contributed by atoms with Crippen LogP contribution in [0.1, 0.15) is 55.6 Å². The molecule has 162 valence electrons. The fourth-order valence-electron chi connectivity index (χ4n) is 3.91. The van der Waals surface area contributed by atoms with Crippen LogP contribution in [0.25, 0.3) is 0 Å². The molecule has 6 nitrogen and oxygen atoms in total. The van der Waals surface area contributed by atoms with Crippen molar-refractivity contribution in [2.45, 2.75) is 54.8 Å². The zero-order valence-corrected chi connectivity index (χ0v) is 18.7. The number of ether oxygens (including phenoxy) is 2. The van der Waals surface area contributed by atoms with E-state index in [1.807, 2.05) is 27.7 Å². The monoisotopic (exact) mass is 412 g/mol. The fraction of sp³-hybridized carbons (Fsp3) is 0.417. The summed E-state index contributed by atoms with van der Waals surface area (Å²) >= 11 is 0. The van der Waals surface area contributed by atoms with Crippen LogP contribution in [0.5, 0.6) is 0 Å². The molecule has 0 bridgehead atoms. The van der Waals surface area contributed by atoms with E-state index < -0.39 is 0 Å². The molecule has 2 N–H and O–H groups in total. The van der Waals surface area contributed by atoms with Crippen LogP contribution in [0, 0.1) is 41.5 Å². The van der Waals surface area contributed by atoms with Gasteiger partial charge in [0.25, 0.3) is 0 Å². The summed E-state index contributed by atoms with van der Waals surface area (Å²) in [6.45, 7) is 14.1. The van der Waals surface area contributed by atoms with E-state index in [9.17, 15) is 0 Å². The van der Waals surface area contributed by atoms with Crippen molar-refractivity contribution in [2.24, 2.45) is 10.3 Å². The molecule has 0 atom stereocenters. The third-order valence-corrected chi connectivity index (χ3v) is 5.62. The highest BCUT2D eigenvalue weighted by Gasteiger charge is 2.12. The Balaban J connectivity index is 1.94. The molecule has 0 aromatic heterocycles. The van der Waals surface area contributed by atoms with Gasteiger partial charge >= 0.3 is 0 Å². The van der Waals surface area contributed by atoms with Gasteiger partial charge in [0, 0.05) is 11.1 Å². The smallest absolute Gasteiger partial charge is 0.0739 e. The van der Waals surface area contributed by atoms with E-state index in [1.165, 1.54) is 12.4 Å². The predicted octanol–water partition coefficient (Wildman–Crippen LogP) is 4.89. The van der Waals surface area contributed by atoms with Crippen LogP contribution in [0.2, 0.25) is 0 Å². The molecule has 0 aliphatic heterocycles.